The molecule has 1 aromatic heterocycles. The highest BCUT2D eigenvalue weighted by atomic mass is 32.2. The number of carbonyl (C=O) groups excluding carboxylic acids is 1. The van der Waals surface area contributed by atoms with Gasteiger partial charge in [0.1, 0.15) is 11.6 Å². The molecule has 8 heteroatoms. The van der Waals surface area contributed by atoms with Crippen LogP contribution in [-0.2, 0) is 4.79 Å². The molecule has 0 bridgehead atoms. The van der Waals surface area contributed by atoms with Gasteiger partial charge in [0.05, 0.1) is 5.75 Å². The first-order valence-corrected chi connectivity index (χ1v) is 10.2. The van der Waals surface area contributed by atoms with Gasteiger partial charge in [0, 0.05) is 17.3 Å². The lowest BCUT2D eigenvalue weighted by Gasteiger charge is -2.17. The van der Waals surface area contributed by atoms with Crippen molar-refractivity contribution in [3.05, 3.63) is 60.2 Å². The number of amides is 1. The van der Waals surface area contributed by atoms with E-state index in [2.05, 4.69) is 15.5 Å². The summed E-state index contributed by atoms with van der Waals surface area (Å²) in [6.45, 7) is 6.04. The summed E-state index contributed by atoms with van der Waals surface area (Å²) in [7, 11) is 0. The molecule has 0 aliphatic carbocycles. The molecule has 152 valence electrons. The normalized spacial score (nSPS) is 12.2. The molecule has 0 aliphatic heterocycles. The highest BCUT2D eigenvalue weighted by molar-refractivity contribution is 7.99. The van der Waals surface area contributed by atoms with Gasteiger partial charge in [-0.25, -0.2) is 8.78 Å². The zero-order valence-electron chi connectivity index (χ0n) is 16.4. The standard InChI is InChI=1S/C21H22F2N4OS/c1-13(2)14(3)24-19(28)12-29-21-26-25-20(15-4-6-16(22)7-5-15)27(21)18-10-8-17(23)9-11-18/h4-11,13-14H,12H2,1-3H3,(H,24,28)/t14-/m1/s1. The molecule has 0 aliphatic rings. The average molecular weight is 416 g/mol. The van der Waals surface area contributed by atoms with E-state index in [9.17, 15) is 13.6 Å². The molecule has 0 fully saturated rings. The molecular weight excluding hydrogens is 394 g/mol. The zero-order valence-corrected chi connectivity index (χ0v) is 17.2. The second-order valence-electron chi connectivity index (χ2n) is 7.01. The third-order valence-electron chi connectivity index (χ3n) is 4.54. The van der Waals surface area contributed by atoms with Gasteiger partial charge in [-0.1, -0.05) is 25.6 Å². The maximum atomic E-state index is 13.4. The lowest BCUT2D eigenvalue weighted by Crippen LogP contribution is -2.37. The Morgan fingerprint density at radius 2 is 1.59 bits per heavy atom. The van der Waals surface area contributed by atoms with E-state index in [1.54, 1.807) is 28.8 Å². The topological polar surface area (TPSA) is 59.8 Å². The maximum absolute atomic E-state index is 13.4. The van der Waals surface area contributed by atoms with Gasteiger partial charge in [-0.2, -0.15) is 0 Å². The van der Waals surface area contributed by atoms with E-state index in [1.165, 1.54) is 36.0 Å². The Hall–Kier alpha value is -2.74. The fourth-order valence-electron chi connectivity index (χ4n) is 2.56. The molecule has 0 unspecified atom stereocenters. The van der Waals surface area contributed by atoms with Crippen LogP contribution in [0.4, 0.5) is 8.78 Å². The lowest BCUT2D eigenvalue weighted by molar-refractivity contribution is -0.119. The Kier molecular flexibility index (Phi) is 6.64. The van der Waals surface area contributed by atoms with Crippen molar-refractivity contribution in [2.24, 2.45) is 5.92 Å². The number of halogens is 2. The molecule has 29 heavy (non-hydrogen) atoms. The maximum Gasteiger partial charge on any atom is 0.230 e. The summed E-state index contributed by atoms with van der Waals surface area (Å²) in [5.74, 6) is 0.161. The van der Waals surface area contributed by atoms with Crippen LogP contribution in [0.1, 0.15) is 20.8 Å². The fraction of sp³-hybridized carbons (Fsp3) is 0.286. The first-order valence-electron chi connectivity index (χ1n) is 9.24. The van der Waals surface area contributed by atoms with Crippen molar-refractivity contribution in [2.45, 2.75) is 32.0 Å². The molecule has 3 aromatic rings. The van der Waals surface area contributed by atoms with Crippen molar-refractivity contribution < 1.29 is 13.6 Å². The summed E-state index contributed by atoms with van der Waals surface area (Å²) < 4.78 is 28.4. The molecule has 3 rings (SSSR count). The average Bonchev–Trinajstić information content (AvgIpc) is 3.11. The number of carbonyl (C=O) groups is 1. The van der Waals surface area contributed by atoms with Gasteiger partial charge in [-0.3, -0.25) is 9.36 Å². The van der Waals surface area contributed by atoms with Gasteiger partial charge >= 0.3 is 0 Å². The third-order valence-corrected chi connectivity index (χ3v) is 5.47. The van der Waals surface area contributed by atoms with E-state index in [0.717, 1.165) is 0 Å². The first kappa shape index (κ1) is 21.0. The van der Waals surface area contributed by atoms with E-state index >= 15 is 0 Å². The molecule has 0 spiro atoms. The smallest absolute Gasteiger partial charge is 0.230 e. The monoisotopic (exact) mass is 416 g/mol. The number of thioether (sulfide) groups is 1. The minimum Gasteiger partial charge on any atom is -0.353 e. The van der Waals surface area contributed by atoms with Crippen LogP contribution in [0.15, 0.2) is 53.7 Å². The summed E-state index contributed by atoms with van der Waals surface area (Å²) >= 11 is 1.24. The Labute approximate surface area is 172 Å². The molecule has 0 saturated heterocycles. The molecule has 0 saturated carbocycles. The number of aromatic nitrogens is 3. The van der Waals surface area contributed by atoms with Gasteiger partial charge in [0.2, 0.25) is 5.91 Å². The zero-order chi connectivity index (χ0) is 21.0. The predicted molar refractivity (Wildman–Crippen MR) is 110 cm³/mol. The summed E-state index contributed by atoms with van der Waals surface area (Å²) in [5.41, 5.74) is 1.31. The van der Waals surface area contributed by atoms with Gasteiger partial charge in [0.15, 0.2) is 11.0 Å². The molecule has 2 aromatic carbocycles. The highest BCUT2D eigenvalue weighted by Crippen LogP contribution is 2.28. The molecule has 5 nitrogen and oxygen atoms in total. The van der Waals surface area contributed by atoms with E-state index in [1.807, 2.05) is 20.8 Å². The van der Waals surface area contributed by atoms with Crippen LogP contribution < -0.4 is 5.32 Å². The van der Waals surface area contributed by atoms with Crippen LogP contribution in [0.3, 0.4) is 0 Å². The number of hydrogen-bond acceptors (Lipinski definition) is 4. The van der Waals surface area contributed by atoms with E-state index in [4.69, 9.17) is 0 Å². The minimum absolute atomic E-state index is 0.0628. The van der Waals surface area contributed by atoms with Crippen molar-refractivity contribution in [3.8, 4) is 17.1 Å². The van der Waals surface area contributed by atoms with Crippen LogP contribution in [-0.4, -0.2) is 32.5 Å². The van der Waals surface area contributed by atoms with Crippen LogP contribution in [0.5, 0.6) is 0 Å². The molecule has 1 heterocycles. The summed E-state index contributed by atoms with van der Waals surface area (Å²) in [5, 5.41) is 11.9. The fourth-order valence-corrected chi connectivity index (χ4v) is 3.33. The summed E-state index contributed by atoms with van der Waals surface area (Å²) in [4.78, 5) is 12.3. The van der Waals surface area contributed by atoms with Crippen molar-refractivity contribution in [1.82, 2.24) is 20.1 Å². The van der Waals surface area contributed by atoms with Gasteiger partial charge in [-0.05, 0) is 61.4 Å². The third kappa shape index (κ3) is 5.20. The predicted octanol–water partition coefficient (Wildman–Crippen LogP) is 4.47. The minimum atomic E-state index is -0.360. The molecule has 0 radical (unpaired) electrons. The van der Waals surface area contributed by atoms with Crippen LogP contribution >= 0.6 is 11.8 Å². The van der Waals surface area contributed by atoms with Crippen LogP contribution in [0.2, 0.25) is 0 Å². The number of nitrogens with zero attached hydrogens (tertiary/aromatic N) is 3. The van der Waals surface area contributed by atoms with Crippen molar-refractivity contribution in [3.63, 3.8) is 0 Å². The lowest BCUT2D eigenvalue weighted by atomic mass is 10.1. The quantitative estimate of drug-likeness (QED) is 0.578. The van der Waals surface area contributed by atoms with E-state index < -0.39 is 0 Å². The van der Waals surface area contributed by atoms with E-state index in [-0.39, 0.29) is 29.3 Å². The van der Waals surface area contributed by atoms with Crippen LogP contribution in [0, 0.1) is 17.6 Å². The second kappa shape index (κ2) is 9.17. The first-order chi connectivity index (χ1) is 13.8. The van der Waals surface area contributed by atoms with Gasteiger partial charge < -0.3 is 5.32 Å². The summed E-state index contributed by atoms with van der Waals surface area (Å²) in [6, 6.07) is 11.8. The Morgan fingerprint density at radius 1 is 1.00 bits per heavy atom. The number of benzene rings is 2. The number of rotatable bonds is 7. The highest BCUT2D eigenvalue weighted by Gasteiger charge is 2.18. The Bertz CT molecular complexity index is 971. The molecular formula is C21H22F2N4OS. The van der Waals surface area contributed by atoms with Crippen molar-refractivity contribution >= 4 is 17.7 Å². The SMILES string of the molecule is CC(C)[C@@H](C)NC(=O)CSc1nnc(-c2ccc(F)cc2)n1-c1ccc(F)cc1. The van der Waals surface area contributed by atoms with E-state index in [0.29, 0.717) is 28.1 Å². The number of nitrogens with one attached hydrogen (secondary N) is 1. The van der Waals surface area contributed by atoms with Gasteiger partial charge in [0.25, 0.3) is 0 Å². The van der Waals surface area contributed by atoms with Crippen molar-refractivity contribution in [2.75, 3.05) is 5.75 Å². The van der Waals surface area contributed by atoms with Crippen molar-refractivity contribution in [1.29, 1.82) is 0 Å². The summed E-state index contributed by atoms with van der Waals surface area (Å²) in [6.07, 6.45) is 0. The van der Waals surface area contributed by atoms with Crippen LogP contribution in [0.25, 0.3) is 17.1 Å². The Balaban J connectivity index is 1.90. The second-order valence-corrected chi connectivity index (χ2v) is 7.96. The largest absolute Gasteiger partial charge is 0.353 e. The number of hydrogen-bond donors (Lipinski definition) is 1. The Morgan fingerprint density at radius 3 is 2.17 bits per heavy atom. The van der Waals surface area contributed by atoms with Gasteiger partial charge in [-0.15, -0.1) is 10.2 Å². The molecule has 1 amide bonds. The molecule has 1 N–H and O–H groups in total. The molecule has 1 atom stereocenters.